The molecule has 3 aliphatic rings. The number of carbonyl (C=O) groups is 2. The number of nitrogens with one attached hydrogen (secondary N) is 1. The summed E-state index contributed by atoms with van der Waals surface area (Å²) in [5.41, 5.74) is 0. The van der Waals surface area contributed by atoms with Crippen LogP contribution in [0.4, 0.5) is 0 Å². The predicted molar refractivity (Wildman–Crippen MR) is 43.7 cm³/mol. The van der Waals surface area contributed by atoms with Gasteiger partial charge in [0.25, 0.3) is 0 Å². The molecule has 3 fully saturated rings. The predicted octanol–water partition coefficient (Wildman–Crippen LogP) is 0.285. The van der Waals surface area contributed by atoms with Crippen molar-refractivity contribution in [1.82, 2.24) is 5.32 Å². The zero-order valence-electron chi connectivity index (χ0n) is 7.17. The molecule has 0 radical (unpaired) electrons. The van der Waals surface area contributed by atoms with E-state index < -0.39 is 0 Å². The van der Waals surface area contributed by atoms with E-state index in [1.807, 2.05) is 0 Å². The van der Waals surface area contributed by atoms with Crippen LogP contribution >= 0.6 is 0 Å². The minimum absolute atomic E-state index is 0.0208. The quantitative estimate of drug-likeness (QED) is 0.610. The van der Waals surface area contributed by atoms with Gasteiger partial charge in [-0.05, 0) is 19.8 Å². The number of carbonyl (C=O) groups excluding carboxylic acids is 2. The monoisotopic (exact) mass is 167 g/mol. The van der Waals surface area contributed by atoms with Gasteiger partial charge in [0.15, 0.2) is 0 Å². The third kappa shape index (κ3) is 1.08. The topological polar surface area (TPSA) is 46.2 Å². The standard InChI is InChI=1S/C9H13NO2/c1-5(11)9-7-3-2-6(10-9)4-8(7)12/h6-7,9-10H,2-4H2,1H3/t6-,7+,9+/m0/s1. The van der Waals surface area contributed by atoms with Crippen LogP contribution in [0.1, 0.15) is 26.2 Å². The molecule has 2 aliphatic heterocycles. The van der Waals surface area contributed by atoms with Crippen LogP contribution in [0.2, 0.25) is 0 Å². The minimum atomic E-state index is -0.176. The maximum Gasteiger partial charge on any atom is 0.147 e. The van der Waals surface area contributed by atoms with Gasteiger partial charge < -0.3 is 5.32 Å². The number of fused-ring (bicyclic) bond motifs is 3. The summed E-state index contributed by atoms with van der Waals surface area (Å²) in [5.74, 6) is 0.371. The van der Waals surface area contributed by atoms with E-state index in [2.05, 4.69) is 5.32 Å². The zero-order valence-corrected chi connectivity index (χ0v) is 7.17. The maximum absolute atomic E-state index is 11.4. The Balaban J connectivity index is 2.19. The first-order valence-corrected chi connectivity index (χ1v) is 4.47. The molecule has 0 unspecified atom stereocenters. The highest BCUT2D eigenvalue weighted by atomic mass is 16.1. The minimum Gasteiger partial charge on any atom is -0.304 e. The van der Waals surface area contributed by atoms with Gasteiger partial charge in [-0.15, -0.1) is 0 Å². The van der Waals surface area contributed by atoms with Gasteiger partial charge in [-0.25, -0.2) is 0 Å². The summed E-state index contributed by atoms with van der Waals surface area (Å²) >= 11 is 0. The van der Waals surface area contributed by atoms with Crippen molar-refractivity contribution in [3.8, 4) is 0 Å². The highest BCUT2D eigenvalue weighted by Gasteiger charge is 2.42. The summed E-state index contributed by atoms with van der Waals surface area (Å²) in [7, 11) is 0. The molecule has 1 N–H and O–H groups in total. The van der Waals surface area contributed by atoms with Gasteiger partial charge in [0.1, 0.15) is 11.6 Å². The Morgan fingerprint density at radius 3 is 2.67 bits per heavy atom. The first kappa shape index (κ1) is 7.92. The fourth-order valence-electron chi connectivity index (χ4n) is 2.30. The van der Waals surface area contributed by atoms with Crippen LogP contribution in [0.25, 0.3) is 0 Å². The van der Waals surface area contributed by atoms with Crippen molar-refractivity contribution in [2.45, 2.75) is 38.3 Å². The second kappa shape index (κ2) is 2.66. The molecule has 1 aliphatic carbocycles. The van der Waals surface area contributed by atoms with Crippen LogP contribution in [0, 0.1) is 5.92 Å². The van der Waals surface area contributed by atoms with Gasteiger partial charge in [0, 0.05) is 18.4 Å². The molecular formula is C9H13NO2. The lowest BCUT2D eigenvalue weighted by Gasteiger charge is -2.41. The molecular weight excluding hydrogens is 154 g/mol. The Kier molecular flexibility index (Phi) is 1.76. The van der Waals surface area contributed by atoms with Crippen molar-refractivity contribution in [1.29, 1.82) is 0 Å². The van der Waals surface area contributed by atoms with E-state index in [9.17, 15) is 9.59 Å². The van der Waals surface area contributed by atoms with E-state index in [4.69, 9.17) is 0 Å². The summed E-state index contributed by atoms with van der Waals surface area (Å²) in [6.07, 6.45) is 2.59. The lowest BCUT2D eigenvalue weighted by Crippen LogP contribution is -2.59. The summed E-state index contributed by atoms with van der Waals surface area (Å²) in [5, 5.41) is 3.21. The van der Waals surface area contributed by atoms with Crippen molar-refractivity contribution >= 4 is 11.6 Å². The molecule has 2 saturated heterocycles. The van der Waals surface area contributed by atoms with Crippen molar-refractivity contribution in [2.24, 2.45) is 5.92 Å². The van der Waals surface area contributed by atoms with E-state index >= 15 is 0 Å². The van der Waals surface area contributed by atoms with Crippen LogP contribution in [0.5, 0.6) is 0 Å². The molecule has 0 aromatic heterocycles. The molecule has 3 atom stereocenters. The highest BCUT2D eigenvalue weighted by molar-refractivity contribution is 5.93. The number of piperidine rings is 2. The van der Waals surface area contributed by atoms with Crippen LogP contribution in [0.3, 0.4) is 0 Å². The highest BCUT2D eigenvalue weighted by Crippen LogP contribution is 2.30. The Morgan fingerprint density at radius 2 is 2.25 bits per heavy atom. The van der Waals surface area contributed by atoms with Gasteiger partial charge in [0.05, 0.1) is 6.04 Å². The van der Waals surface area contributed by atoms with Gasteiger partial charge >= 0.3 is 0 Å². The third-order valence-corrected chi connectivity index (χ3v) is 2.94. The average Bonchev–Trinajstić information content (AvgIpc) is 2.04. The van der Waals surface area contributed by atoms with Crippen molar-refractivity contribution in [3.63, 3.8) is 0 Å². The van der Waals surface area contributed by atoms with Crippen LogP contribution in [0.15, 0.2) is 0 Å². The number of hydrogen-bond donors (Lipinski definition) is 1. The van der Waals surface area contributed by atoms with Gasteiger partial charge in [0.2, 0.25) is 0 Å². The molecule has 66 valence electrons. The van der Waals surface area contributed by atoms with Crippen LogP contribution in [-0.2, 0) is 9.59 Å². The number of rotatable bonds is 1. The molecule has 2 bridgehead atoms. The lowest BCUT2D eigenvalue weighted by molar-refractivity contribution is -0.135. The number of hydrogen-bond acceptors (Lipinski definition) is 3. The van der Waals surface area contributed by atoms with E-state index in [-0.39, 0.29) is 29.6 Å². The van der Waals surface area contributed by atoms with Crippen LogP contribution in [-0.4, -0.2) is 23.7 Å². The molecule has 3 nitrogen and oxygen atoms in total. The van der Waals surface area contributed by atoms with Gasteiger partial charge in [-0.1, -0.05) is 0 Å². The fourth-order valence-corrected chi connectivity index (χ4v) is 2.30. The zero-order chi connectivity index (χ0) is 8.72. The van der Waals surface area contributed by atoms with E-state index in [0.29, 0.717) is 6.42 Å². The molecule has 0 aromatic carbocycles. The largest absolute Gasteiger partial charge is 0.304 e. The maximum atomic E-state index is 11.4. The first-order valence-electron chi connectivity index (χ1n) is 4.47. The molecule has 3 rings (SSSR count). The number of ketones is 2. The Morgan fingerprint density at radius 1 is 1.50 bits per heavy atom. The molecule has 2 heterocycles. The smallest absolute Gasteiger partial charge is 0.147 e. The molecule has 1 saturated carbocycles. The van der Waals surface area contributed by atoms with E-state index in [1.165, 1.54) is 0 Å². The summed E-state index contributed by atoms with van der Waals surface area (Å²) < 4.78 is 0. The van der Waals surface area contributed by atoms with E-state index in [0.717, 1.165) is 12.8 Å². The average molecular weight is 167 g/mol. The normalized spacial score (nSPS) is 40.1. The van der Waals surface area contributed by atoms with Crippen molar-refractivity contribution in [3.05, 3.63) is 0 Å². The third-order valence-electron chi connectivity index (χ3n) is 2.94. The molecule has 3 heteroatoms. The van der Waals surface area contributed by atoms with E-state index in [1.54, 1.807) is 6.92 Å². The Labute approximate surface area is 71.5 Å². The SMILES string of the molecule is CC(=O)[C@H]1N[C@H]2CC[C@@H]1C(=O)C2. The fraction of sp³-hybridized carbons (Fsp3) is 0.778. The number of Topliss-reactive ketones (excluding diaryl/α,β-unsaturated/α-hetero) is 2. The molecule has 12 heavy (non-hydrogen) atoms. The summed E-state index contributed by atoms with van der Waals surface area (Å²) in [4.78, 5) is 22.5. The lowest BCUT2D eigenvalue weighted by atomic mass is 9.74. The van der Waals surface area contributed by atoms with Gasteiger partial charge in [-0.3, -0.25) is 9.59 Å². The molecule has 0 amide bonds. The summed E-state index contributed by atoms with van der Waals surface area (Å²) in [6.45, 7) is 1.56. The first-order chi connectivity index (χ1) is 5.68. The second-order valence-corrected chi connectivity index (χ2v) is 3.81. The van der Waals surface area contributed by atoms with Gasteiger partial charge in [-0.2, -0.15) is 0 Å². The van der Waals surface area contributed by atoms with Crippen molar-refractivity contribution in [2.75, 3.05) is 0 Å². The molecule has 0 spiro atoms. The Bertz CT molecular complexity index is 237. The van der Waals surface area contributed by atoms with Crippen LogP contribution < -0.4 is 5.32 Å². The Hall–Kier alpha value is -0.700. The second-order valence-electron chi connectivity index (χ2n) is 3.81. The summed E-state index contributed by atoms with van der Waals surface area (Å²) in [6, 6.07) is 0.0985. The van der Waals surface area contributed by atoms with Crippen molar-refractivity contribution < 1.29 is 9.59 Å². The molecule has 0 aromatic rings.